The van der Waals surface area contributed by atoms with Crippen molar-refractivity contribution in [2.75, 3.05) is 5.73 Å². The van der Waals surface area contributed by atoms with Crippen molar-refractivity contribution >= 4 is 5.82 Å². The minimum Gasteiger partial charge on any atom is -0.485 e. The fourth-order valence-corrected chi connectivity index (χ4v) is 2.68. The highest BCUT2D eigenvalue weighted by molar-refractivity contribution is 5.45. The minimum absolute atomic E-state index is 0.451. The second-order valence-corrected chi connectivity index (χ2v) is 4.94. The maximum Gasteiger partial charge on any atom is 0.166 e. The Hall–Kier alpha value is -2.03. The van der Waals surface area contributed by atoms with E-state index in [1.54, 1.807) is 6.20 Å². The molecule has 0 atom stereocenters. The van der Waals surface area contributed by atoms with E-state index < -0.39 is 0 Å². The molecular weight excluding hydrogens is 236 g/mol. The van der Waals surface area contributed by atoms with Gasteiger partial charge in [0.05, 0.1) is 0 Å². The first-order valence-corrected chi connectivity index (χ1v) is 6.77. The van der Waals surface area contributed by atoms with Crippen molar-refractivity contribution in [2.45, 2.75) is 32.3 Å². The van der Waals surface area contributed by atoms with Crippen molar-refractivity contribution in [2.24, 2.45) is 0 Å². The number of ether oxygens (including phenoxy) is 1. The summed E-state index contributed by atoms with van der Waals surface area (Å²) in [5, 5.41) is 0. The van der Waals surface area contributed by atoms with Crippen LogP contribution in [-0.2, 0) is 19.4 Å². The van der Waals surface area contributed by atoms with Gasteiger partial charge in [-0.15, -0.1) is 0 Å². The molecule has 0 unspecified atom stereocenters. The van der Waals surface area contributed by atoms with Gasteiger partial charge in [-0.1, -0.05) is 18.2 Å². The summed E-state index contributed by atoms with van der Waals surface area (Å²) in [4.78, 5) is 4.03. The third-order valence-corrected chi connectivity index (χ3v) is 3.68. The Labute approximate surface area is 113 Å². The van der Waals surface area contributed by atoms with Gasteiger partial charge in [0.15, 0.2) is 11.6 Å². The molecule has 0 amide bonds. The van der Waals surface area contributed by atoms with Crippen LogP contribution >= 0.6 is 0 Å². The molecule has 0 saturated carbocycles. The second kappa shape index (κ2) is 5.31. The third kappa shape index (κ3) is 2.55. The van der Waals surface area contributed by atoms with Gasteiger partial charge < -0.3 is 10.5 Å². The molecule has 0 bridgehead atoms. The fraction of sp³-hybridized carbons (Fsp3) is 0.312. The summed E-state index contributed by atoms with van der Waals surface area (Å²) in [5.41, 5.74) is 10.0. The molecule has 0 fully saturated rings. The highest BCUT2D eigenvalue weighted by atomic mass is 16.5. The van der Waals surface area contributed by atoms with E-state index in [0.717, 1.165) is 6.42 Å². The van der Waals surface area contributed by atoms with Crippen LogP contribution in [0.1, 0.15) is 29.5 Å². The first kappa shape index (κ1) is 12.0. The van der Waals surface area contributed by atoms with Crippen LogP contribution in [0, 0.1) is 0 Å². The zero-order valence-electron chi connectivity index (χ0n) is 10.9. The van der Waals surface area contributed by atoms with Crippen molar-refractivity contribution in [1.29, 1.82) is 0 Å². The molecule has 1 aliphatic rings. The third-order valence-electron chi connectivity index (χ3n) is 3.68. The summed E-state index contributed by atoms with van der Waals surface area (Å²) in [7, 11) is 0. The van der Waals surface area contributed by atoms with E-state index in [1.807, 2.05) is 12.1 Å². The smallest absolute Gasteiger partial charge is 0.166 e. The van der Waals surface area contributed by atoms with E-state index in [0.29, 0.717) is 18.2 Å². The predicted octanol–water partition coefficient (Wildman–Crippen LogP) is 3.12. The van der Waals surface area contributed by atoms with Gasteiger partial charge in [0.1, 0.15) is 6.61 Å². The number of nitrogens with zero attached hydrogens (tertiary/aromatic N) is 1. The van der Waals surface area contributed by atoms with Crippen molar-refractivity contribution in [3.63, 3.8) is 0 Å². The Morgan fingerprint density at radius 1 is 1.11 bits per heavy atom. The molecule has 0 aliphatic heterocycles. The van der Waals surface area contributed by atoms with Crippen LogP contribution in [0.4, 0.5) is 5.82 Å². The van der Waals surface area contributed by atoms with Crippen molar-refractivity contribution in [1.82, 2.24) is 4.98 Å². The van der Waals surface area contributed by atoms with Crippen LogP contribution in [0.25, 0.3) is 0 Å². The molecule has 1 aromatic heterocycles. The molecular formula is C16H18N2O. The lowest BCUT2D eigenvalue weighted by Gasteiger charge is -2.19. The molecule has 1 heterocycles. The van der Waals surface area contributed by atoms with E-state index in [1.165, 1.54) is 36.0 Å². The number of pyridine rings is 1. The van der Waals surface area contributed by atoms with Gasteiger partial charge >= 0.3 is 0 Å². The normalized spacial score (nSPS) is 13.9. The lowest BCUT2D eigenvalue weighted by molar-refractivity contribution is 0.305. The number of benzene rings is 1. The molecule has 3 rings (SSSR count). The Bertz CT molecular complexity index is 581. The number of hydrogen-bond acceptors (Lipinski definition) is 3. The number of fused-ring (bicyclic) bond motifs is 1. The average molecular weight is 254 g/mol. The van der Waals surface area contributed by atoms with Gasteiger partial charge in [-0.3, -0.25) is 0 Å². The standard InChI is InChI=1S/C16H18N2O/c17-16-15(9-4-10-18-16)19-11-13-7-3-6-12-5-1-2-8-14(12)13/h3-4,6-7,9-10H,1-2,5,8,11H2,(H2,17,18). The van der Waals surface area contributed by atoms with Crippen molar-refractivity contribution in [3.05, 3.63) is 53.2 Å². The number of aromatic nitrogens is 1. The number of aryl methyl sites for hydroxylation is 1. The molecule has 1 aromatic carbocycles. The number of anilines is 1. The number of rotatable bonds is 3. The van der Waals surface area contributed by atoms with Gasteiger partial charge in [-0.05, 0) is 54.5 Å². The Kier molecular flexibility index (Phi) is 3.36. The number of hydrogen-bond donors (Lipinski definition) is 1. The summed E-state index contributed by atoms with van der Waals surface area (Å²) in [5.74, 6) is 1.11. The quantitative estimate of drug-likeness (QED) is 0.915. The maximum absolute atomic E-state index is 5.80. The fourth-order valence-electron chi connectivity index (χ4n) is 2.68. The topological polar surface area (TPSA) is 48.1 Å². The van der Waals surface area contributed by atoms with Crippen LogP contribution < -0.4 is 10.5 Å². The van der Waals surface area contributed by atoms with Crippen LogP contribution in [0.3, 0.4) is 0 Å². The van der Waals surface area contributed by atoms with E-state index in [4.69, 9.17) is 10.5 Å². The van der Waals surface area contributed by atoms with Crippen LogP contribution in [0.5, 0.6) is 5.75 Å². The summed E-state index contributed by atoms with van der Waals surface area (Å²) in [6.07, 6.45) is 6.61. The van der Waals surface area contributed by atoms with Crippen LogP contribution in [0.2, 0.25) is 0 Å². The molecule has 98 valence electrons. The minimum atomic E-state index is 0.451. The van der Waals surface area contributed by atoms with Gasteiger partial charge in [-0.25, -0.2) is 4.98 Å². The highest BCUT2D eigenvalue weighted by Crippen LogP contribution is 2.26. The van der Waals surface area contributed by atoms with Crippen molar-refractivity contribution < 1.29 is 4.74 Å². The number of nitrogen functional groups attached to an aromatic ring is 1. The molecule has 3 heteroatoms. The summed E-state index contributed by atoms with van der Waals surface area (Å²) < 4.78 is 5.80. The van der Waals surface area contributed by atoms with Crippen LogP contribution in [0.15, 0.2) is 36.5 Å². The molecule has 2 aromatic rings. The first-order chi connectivity index (χ1) is 9.34. The van der Waals surface area contributed by atoms with Gasteiger partial charge in [-0.2, -0.15) is 0 Å². The van der Waals surface area contributed by atoms with E-state index >= 15 is 0 Å². The zero-order chi connectivity index (χ0) is 13.1. The summed E-state index contributed by atoms with van der Waals surface area (Å²) >= 11 is 0. The van der Waals surface area contributed by atoms with E-state index in [9.17, 15) is 0 Å². The molecule has 0 radical (unpaired) electrons. The largest absolute Gasteiger partial charge is 0.485 e. The monoisotopic (exact) mass is 254 g/mol. The predicted molar refractivity (Wildman–Crippen MR) is 76.1 cm³/mol. The molecule has 2 N–H and O–H groups in total. The molecule has 0 spiro atoms. The maximum atomic E-state index is 5.80. The number of nitrogens with two attached hydrogens (primary N) is 1. The van der Waals surface area contributed by atoms with Gasteiger partial charge in [0.25, 0.3) is 0 Å². The van der Waals surface area contributed by atoms with Gasteiger partial charge in [0.2, 0.25) is 0 Å². The zero-order valence-corrected chi connectivity index (χ0v) is 10.9. The summed E-state index contributed by atoms with van der Waals surface area (Å²) in [6.45, 7) is 0.569. The van der Waals surface area contributed by atoms with E-state index in [-0.39, 0.29) is 0 Å². The second-order valence-electron chi connectivity index (χ2n) is 4.94. The van der Waals surface area contributed by atoms with Crippen molar-refractivity contribution in [3.8, 4) is 5.75 Å². The molecule has 1 aliphatic carbocycles. The average Bonchev–Trinajstić information content (AvgIpc) is 2.46. The van der Waals surface area contributed by atoms with Gasteiger partial charge in [0, 0.05) is 6.20 Å². The first-order valence-electron chi connectivity index (χ1n) is 6.77. The molecule has 19 heavy (non-hydrogen) atoms. The summed E-state index contributed by atoms with van der Waals surface area (Å²) in [6, 6.07) is 10.2. The Balaban J connectivity index is 1.79. The lowest BCUT2D eigenvalue weighted by Crippen LogP contribution is -2.08. The Morgan fingerprint density at radius 3 is 2.89 bits per heavy atom. The molecule has 3 nitrogen and oxygen atoms in total. The Morgan fingerprint density at radius 2 is 2.00 bits per heavy atom. The molecule has 0 saturated heterocycles. The van der Waals surface area contributed by atoms with E-state index in [2.05, 4.69) is 23.2 Å². The lowest BCUT2D eigenvalue weighted by atomic mass is 9.88. The SMILES string of the molecule is Nc1ncccc1OCc1cccc2c1CCCC2. The van der Waals surface area contributed by atoms with Crippen LogP contribution in [-0.4, -0.2) is 4.98 Å². The highest BCUT2D eigenvalue weighted by Gasteiger charge is 2.13.